The number of nitrogens with one attached hydrogen (secondary N) is 2. The maximum atomic E-state index is 15.1. The number of para-hydroxylation sites is 1. The third kappa shape index (κ3) is 5.70. The van der Waals surface area contributed by atoms with E-state index in [0.717, 1.165) is 25.7 Å². The van der Waals surface area contributed by atoms with Crippen LogP contribution in [0.4, 0.5) is 20.6 Å². The predicted octanol–water partition coefficient (Wildman–Crippen LogP) is 4.51. The van der Waals surface area contributed by atoms with Gasteiger partial charge in [-0.3, -0.25) is 14.5 Å². The smallest absolute Gasteiger partial charge is 0.321 e. The summed E-state index contributed by atoms with van der Waals surface area (Å²) in [6.07, 6.45) is 2.98. The molecule has 1 saturated carbocycles. The van der Waals surface area contributed by atoms with Crippen LogP contribution in [0.2, 0.25) is 0 Å². The maximum Gasteiger partial charge on any atom is 0.321 e. The van der Waals surface area contributed by atoms with Crippen molar-refractivity contribution in [2.24, 2.45) is 16.8 Å². The van der Waals surface area contributed by atoms with Crippen LogP contribution in [0, 0.1) is 17.7 Å². The monoisotopic (exact) mass is 569 g/mol. The van der Waals surface area contributed by atoms with Crippen molar-refractivity contribution in [3.05, 3.63) is 89.7 Å². The molecule has 9 nitrogen and oxygen atoms in total. The number of carbonyl (C=O) groups excluding carboxylic acids is 3. The van der Waals surface area contributed by atoms with Gasteiger partial charge in [0, 0.05) is 36.0 Å². The van der Waals surface area contributed by atoms with Crippen molar-refractivity contribution < 1.29 is 23.9 Å². The molecule has 216 valence electrons. The number of anilines is 2. The minimum atomic E-state index is -1.46. The number of rotatable bonds is 5. The Morgan fingerprint density at radius 1 is 0.905 bits per heavy atom. The van der Waals surface area contributed by atoms with Crippen molar-refractivity contribution in [3.8, 4) is 5.75 Å². The molecule has 4 aliphatic rings. The largest absolute Gasteiger partial charge is 0.508 e. The van der Waals surface area contributed by atoms with Crippen molar-refractivity contribution >= 4 is 34.9 Å². The molecule has 10 heteroatoms. The first kappa shape index (κ1) is 27.4. The lowest BCUT2D eigenvalue weighted by atomic mass is 9.84. The van der Waals surface area contributed by atoms with E-state index in [1.165, 1.54) is 23.1 Å². The molecule has 3 aliphatic heterocycles. The van der Waals surface area contributed by atoms with Gasteiger partial charge in [0.2, 0.25) is 12.1 Å². The Hall–Kier alpha value is -4.73. The second-order valence-electron chi connectivity index (χ2n) is 11.1. The number of urea groups is 1. The summed E-state index contributed by atoms with van der Waals surface area (Å²) in [6.45, 7) is 1.11. The van der Waals surface area contributed by atoms with Crippen LogP contribution in [0.5, 0.6) is 5.75 Å². The molecule has 0 aromatic heterocycles. The number of nitrogens with zero attached hydrogens (tertiary/aromatic N) is 3. The van der Waals surface area contributed by atoms with Crippen molar-refractivity contribution in [2.45, 2.75) is 31.8 Å². The molecule has 3 aromatic rings. The van der Waals surface area contributed by atoms with Gasteiger partial charge >= 0.3 is 6.03 Å². The molecule has 3 heterocycles. The van der Waals surface area contributed by atoms with E-state index >= 15 is 4.39 Å². The standard InChI is InChI=1S/C32H32FN5O4/c33-26-10-3-1-8-24(26)29-25-9-2-4-11-27(25)38(19-28(40)37-17-20-12-13-21(18-37)15-14-20)31(41)30(35-29)36-32(42)34-22-6-5-7-23(39)16-22/h1-11,16,20-21,30,39H,12-15,17-19H2,(H2,34,36,42). The van der Waals surface area contributed by atoms with Crippen LogP contribution < -0.4 is 15.5 Å². The Labute approximate surface area is 243 Å². The highest BCUT2D eigenvalue weighted by Gasteiger charge is 2.37. The molecule has 42 heavy (non-hydrogen) atoms. The number of aliphatic imine (C=N–C) groups is 1. The van der Waals surface area contributed by atoms with Crippen LogP contribution in [0.1, 0.15) is 36.8 Å². The fourth-order valence-electron chi connectivity index (χ4n) is 6.16. The highest BCUT2D eigenvalue weighted by atomic mass is 19.1. The number of amides is 4. The molecule has 2 bridgehead atoms. The second-order valence-corrected chi connectivity index (χ2v) is 11.1. The predicted molar refractivity (Wildman–Crippen MR) is 157 cm³/mol. The summed E-state index contributed by atoms with van der Waals surface area (Å²) in [6, 6.07) is 18.3. The van der Waals surface area contributed by atoms with Gasteiger partial charge in [0.15, 0.2) is 0 Å². The Morgan fingerprint density at radius 3 is 2.26 bits per heavy atom. The lowest BCUT2D eigenvalue weighted by Crippen LogP contribution is -2.51. The van der Waals surface area contributed by atoms with E-state index in [9.17, 15) is 19.5 Å². The van der Waals surface area contributed by atoms with Crippen molar-refractivity contribution in [3.63, 3.8) is 0 Å². The van der Waals surface area contributed by atoms with Crippen LogP contribution in [-0.4, -0.2) is 59.4 Å². The van der Waals surface area contributed by atoms with E-state index in [1.807, 2.05) is 4.90 Å². The number of carbonyl (C=O) groups is 3. The Bertz CT molecular complexity index is 1540. The SMILES string of the molecule is O=C(Nc1cccc(O)c1)NC1N=C(c2ccccc2F)c2ccccc2N(CC(=O)N2CC3CCC(CC3)C2)C1=O. The average Bonchev–Trinajstić information content (AvgIpc) is 3.37. The molecule has 3 N–H and O–H groups in total. The molecule has 0 radical (unpaired) electrons. The van der Waals surface area contributed by atoms with Gasteiger partial charge in [0.05, 0.1) is 11.4 Å². The van der Waals surface area contributed by atoms with Gasteiger partial charge in [-0.1, -0.05) is 36.4 Å². The summed E-state index contributed by atoms with van der Waals surface area (Å²) < 4.78 is 15.1. The first-order valence-corrected chi connectivity index (χ1v) is 14.2. The van der Waals surface area contributed by atoms with Crippen molar-refractivity contribution in [2.75, 3.05) is 29.9 Å². The molecule has 1 atom stereocenters. The van der Waals surface area contributed by atoms with Crippen LogP contribution >= 0.6 is 0 Å². The first-order chi connectivity index (χ1) is 20.4. The summed E-state index contributed by atoms with van der Waals surface area (Å²) >= 11 is 0. The third-order valence-corrected chi connectivity index (χ3v) is 8.28. The van der Waals surface area contributed by atoms with Crippen molar-refractivity contribution in [1.82, 2.24) is 10.2 Å². The molecule has 3 aromatic carbocycles. The van der Waals surface area contributed by atoms with Crippen LogP contribution in [0.3, 0.4) is 0 Å². The van der Waals surface area contributed by atoms with Crippen molar-refractivity contribution in [1.29, 1.82) is 0 Å². The average molecular weight is 570 g/mol. The van der Waals surface area contributed by atoms with Crippen LogP contribution in [0.25, 0.3) is 0 Å². The summed E-state index contributed by atoms with van der Waals surface area (Å²) in [5.41, 5.74) is 1.53. The number of benzene rings is 3. The van der Waals surface area contributed by atoms with Gasteiger partial charge in [-0.15, -0.1) is 0 Å². The van der Waals surface area contributed by atoms with E-state index in [2.05, 4.69) is 15.6 Å². The number of benzodiazepines with no additional fused rings is 1. The van der Waals surface area contributed by atoms with Gasteiger partial charge in [0.25, 0.3) is 5.91 Å². The number of hydrogen-bond acceptors (Lipinski definition) is 5. The summed E-state index contributed by atoms with van der Waals surface area (Å²) in [4.78, 5) is 48.7. The Kier molecular flexibility index (Phi) is 7.60. The van der Waals surface area contributed by atoms with Gasteiger partial charge in [0.1, 0.15) is 18.1 Å². The van der Waals surface area contributed by atoms with Gasteiger partial charge in [-0.05, 0) is 67.9 Å². The van der Waals surface area contributed by atoms with E-state index in [4.69, 9.17) is 0 Å². The first-order valence-electron chi connectivity index (χ1n) is 14.2. The number of phenols is 1. The zero-order valence-corrected chi connectivity index (χ0v) is 23.0. The molecular formula is C32H32FN5O4. The molecule has 1 aliphatic carbocycles. The highest BCUT2D eigenvalue weighted by molar-refractivity contribution is 6.21. The molecule has 2 saturated heterocycles. The van der Waals surface area contributed by atoms with E-state index in [-0.39, 0.29) is 29.5 Å². The highest BCUT2D eigenvalue weighted by Crippen LogP contribution is 2.34. The quantitative estimate of drug-likeness (QED) is 0.420. The number of halogens is 1. The Balaban J connectivity index is 1.35. The van der Waals surface area contributed by atoms with E-state index in [1.54, 1.807) is 54.6 Å². The third-order valence-electron chi connectivity index (χ3n) is 8.28. The lowest BCUT2D eigenvalue weighted by Gasteiger charge is -2.29. The summed E-state index contributed by atoms with van der Waals surface area (Å²) in [5.74, 6) is -0.440. The fraction of sp³-hybridized carbons (Fsp3) is 0.312. The molecule has 4 amide bonds. The fourth-order valence-corrected chi connectivity index (χ4v) is 6.16. The van der Waals surface area contributed by atoms with E-state index in [0.29, 0.717) is 41.9 Å². The molecule has 0 spiro atoms. The summed E-state index contributed by atoms with van der Waals surface area (Å²) in [5, 5.41) is 14.9. The molecule has 3 fully saturated rings. The number of fused-ring (bicyclic) bond motifs is 5. The summed E-state index contributed by atoms with van der Waals surface area (Å²) in [7, 11) is 0. The molecular weight excluding hydrogens is 537 g/mol. The second kappa shape index (κ2) is 11.6. The minimum Gasteiger partial charge on any atom is -0.508 e. The maximum absolute atomic E-state index is 15.1. The zero-order valence-electron chi connectivity index (χ0n) is 23.0. The van der Waals surface area contributed by atoms with Gasteiger partial charge in [-0.2, -0.15) is 0 Å². The molecule has 1 unspecified atom stereocenters. The van der Waals surface area contributed by atoms with Crippen LogP contribution in [-0.2, 0) is 9.59 Å². The molecule has 7 rings (SSSR count). The number of hydrogen-bond donors (Lipinski definition) is 3. The van der Waals surface area contributed by atoms with Gasteiger partial charge < -0.3 is 20.6 Å². The van der Waals surface area contributed by atoms with Gasteiger partial charge in [-0.25, -0.2) is 14.2 Å². The van der Waals surface area contributed by atoms with E-state index < -0.39 is 23.9 Å². The number of phenolic OH excluding ortho intramolecular Hbond substituents is 1. The minimum absolute atomic E-state index is 0.0414. The topological polar surface area (TPSA) is 114 Å². The zero-order chi connectivity index (χ0) is 29.2. The normalized spacial score (nSPS) is 21.6. The Morgan fingerprint density at radius 2 is 1.57 bits per heavy atom. The lowest BCUT2D eigenvalue weighted by molar-refractivity contribution is -0.132. The number of aromatic hydroxyl groups is 1. The van der Waals surface area contributed by atoms with Crippen LogP contribution in [0.15, 0.2) is 77.8 Å².